The van der Waals surface area contributed by atoms with Crippen LogP contribution in [0.15, 0.2) is 41.0 Å². The van der Waals surface area contributed by atoms with E-state index >= 15 is 0 Å². The molecule has 1 aliphatic heterocycles. The molecule has 1 aliphatic rings. The summed E-state index contributed by atoms with van der Waals surface area (Å²) in [6.45, 7) is 4.37. The lowest BCUT2D eigenvalue weighted by molar-refractivity contribution is 0.399. The zero-order valence-electron chi connectivity index (χ0n) is 10.2. The summed E-state index contributed by atoms with van der Waals surface area (Å²) in [5, 5.41) is 3.66. The van der Waals surface area contributed by atoms with E-state index in [-0.39, 0.29) is 6.04 Å². The average Bonchev–Trinajstić information content (AvgIpc) is 2.76. The number of fused-ring (bicyclic) bond motifs is 1. The van der Waals surface area contributed by atoms with Gasteiger partial charge in [-0.1, -0.05) is 24.3 Å². The highest BCUT2D eigenvalue weighted by Crippen LogP contribution is 2.32. The molecule has 0 amide bonds. The Bertz CT molecular complexity index is 529. The Hall–Kier alpha value is -1.54. The summed E-state index contributed by atoms with van der Waals surface area (Å²) < 4.78 is 5.58. The molecular weight excluding hydrogens is 210 g/mol. The summed E-state index contributed by atoms with van der Waals surface area (Å²) in [6, 6.07) is 11.4. The summed E-state index contributed by atoms with van der Waals surface area (Å²) in [5.74, 6) is 1.13. The molecule has 2 nitrogen and oxygen atoms in total. The van der Waals surface area contributed by atoms with Crippen LogP contribution in [0.5, 0.6) is 0 Å². The molecule has 0 saturated heterocycles. The molecule has 0 radical (unpaired) electrons. The second-order valence-corrected chi connectivity index (χ2v) is 4.86. The monoisotopic (exact) mass is 227 g/mol. The van der Waals surface area contributed by atoms with Crippen LogP contribution < -0.4 is 5.32 Å². The minimum Gasteiger partial charge on any atom is -0.469 e. The second-order valence-electron chi connectivity index (χ2n) is 4.86. The molecule has 0 fully saturated rings. The van der Waals surface area contributed by atoms with Gasteiger partial charge in [-0.15, -0.1) is 0 Å². The Kier molecular flexibility index (Phi) is 2.52. The number of furan rings is 1. The van der Waals surface area contributed by atoms with Crippen molar-refractivity contribution in [1.82, 2.24) is 5.32 Å². The van der Waals surface area contributed by atoms with Crippen LogP contribution in [0.3, 0.4) is 0 Å². The van der Waals surface area contributed by atoms with Crippen molar-refractivity contribution >= 4 is 0 Å². The van der Waals surface area contributed by atoms with Gasteiger partial charge in [0.15, 0.2) is 0 Å². The maximum absolute atomic E-state index is 5.58. The van der Waals surface area contributed by atoms with Gasteiger partial charge in [-0.2, -0.15) is 0 Å². The van der Waals surface area contributed by atoms with Crippen LogP contribution in [0.4, 0.5) is 0 Å². The van der Waals surface area contributed by atoms with E-state index in [1.54, 1.807) is 6.26 Å². The zero-order chi connectivity index (χ0) is 11.8. The fourth-order valence-electron chi connectivity index (χ4n) is 2.65. The molecule has 3 rings (SSSR count). The van der Waals surface area contributed by atoms with Gasteiger partial charge in [0.25, 0.3) is 0 Å². The van der Waals surface area contributed by atoms with Crippen LogP contribution in [0, 0.1) is 6.92 Å². The molecule has 2 aromatic rings. The molecule has 2 heteroatoms. The number of rotatable bonds is 1. The maximum atomic E-state index is 5.58. The fraction of sp³-hybridized carbons (Fsp3) is 0.333. The number of hydrogen-bond donors (Lipinski definition) is 1. The first kappa shape index (κ1) is 10.6. The minimum atomic E-state index is 0.272. The third-order valence-corrected chi connectivity index (χ3v) is 3.53. The van der Waals surface area contributed by atoms with Crippen molar-refractivity contribution in [1.29, 1.82) is 0 Å². The van der Waals surface area contributed by atoms with E-state index in [9.17, 15) is 0 Å². The predicted molar refractivity (Wildman–Crippen MR) is 68.0 cm³/mol. The molecule has 0 spiro atoms. The van der Waals surface area contributed by atoms with Crippen LogP contribution in [-0.4, -0.2) is 6.04 Å². The first-order valence-electron chi connectivity index (χ1n) is 6.13. The van der Waals surface area contributed by atoms with Gasteiger partial charge in [-0.05, 0) is 31.0 Å². The predicted octanol–water partition coefficient (Wildman–Crippen LogP) is 3.21. The molecule has 88 valence electrons. The molecule has 17 heavy (non-hydrogen) atoms. The minimum absolute atomic E-state index is 0.272. The van der Waals surface area contributed by atoms with E-state index in [2.05, 4.69) is 49.5 Å². The van der Waals surface area contributed by atoms with Gasteiger partial charge in [0.05, 0.1) is 12.3 Å². The standard InChI is InChI=1S/C15H17NO/c1-10-5-3-4-6-12(10)15-13-7-8-17-14(13)9-11(2)16-15/h3-8,11,15-16H,9H2,1-2H3. The number of nitrogens with one attached hydrogen (secondary N) is 1. The Balaban J connectivity index is 2.08. The molecule has 2 heterocycles. The Morgan fingerprint density at radius 1 is 1.18 bits per heavy atom. The van der Waals surface area contributed by atoms with Crippen molar-refractivity contribution in [3.05, 3.63) is 59.0 Å². The average molecular weight is 227 g/mol. The first-order valence-corrected chi connectivity index (χ1v) is 6.13. The van der Waals surface area contributed by atoms with E-state index in [1.807, 2.05) is 0 Å². The van der Waals surface area contributed by atoms with E-state index < -0.39 is 0 Å². The summed E-state index contributed by atoms with van der Waals surface area (Å²) in [6.07, 6.45) is 2.78. The van der Waals surface area contributed by atoms with Crippen molar-refractivity contribution in [3.63, 3.8) is 0 Å². The Labute approximate surface area is 102 Å². The SMILES string of the molecule is Cc1ccccc1C1NC(C)Cc2occc21. The maximum Gasteiger partial charge on any atom is 0.110 e. The van der Waals surface area contributed by atoms with Gasteiger partial charge in [0.2, 0.25) is 0 Å². The van der Waals surface area contributed by atoms with E-state index in [0.717, 1.165) is 12.2 Å². The summed E-state index contributed by atoms with van der Waals surface area (Å²) in [7, 11) is 0. The highest BCUT2D eigenvalue weighted by atomic mass is 16.3. The third-order valence-electron chi connectivity index (χ3n) is 3.53. The Morgan fingerprint density at radius 2 is 2.00 bits per heavy atom. The third kappa shape index (κ3) is 1.79. The van der Waals surface area contributed by atoms with Gasteiger partial charge in [0, 0.05) is 18.0 Å². The first-order chi connectivity index (χ1) is 8.25. The molecule has 1 aromatic carbocycles. The number of aryl methyl sites for hydroxylation is 1. The van der Waals surface area contributed by atoms with Crippen LogP contribution >= 0.6 is 0 Å². The lowest BCUT2D eigenvalue weighted by Crippen LogP contribution is -2.37. The largest absolute Gasteiger partial charge is 0.469 e. The van der Waals surface area contributed by atoms with Crippen LogP contribution in [0.25, 0.3) is 0 Å². The smallest absolute Gasteiger partial charge is 0.110 e. The van der Waals surface area contributed by atoms with Crippen molar-refractivity contribution in [2.75, 3.05) is 0 Å². The topological polar surface area (TPSA) is 25.2 Å². The lowest BCUT2D eigenvalue weighted by Gasteiger charge is -2.29. The molecule has 0 bridgehead atoms. The van der Waals surface area contributed by atoms with Crippen molar-refractivity contribution in [3.8, 4) is 0 Å². The van der Waals surface area contributed by atoms with Gasteiger partial charge in [-0.3, -0.25) is 0 Å². The molecule has 1 aromatic heterocycles. The summed E-state index contributed by atoms with van der Waals surface area (Å²) in [4.78, 5) is 0. The fourth-order valence-corrected chi connectivity index (χ4v) is 2.65. The van der Waals surface area contributed by atoms with Crippen LogP contribution in [0.1, 0.15) is 35.4 Å². The van der Waals surface area contributed by atoms with Gasteiger partial charge < -0.3 is 9.73 Å². The highest BCUT2D eigenvalue weighted by Gasteiger charge is 2.27. The zero-order valence-corrected chi connectivity index (χ0v) is 10.2. The van der Waals surface area contributed by atoms with Gasteiger partial charge >= 0.3 is 0 Å². The molecule has 1 N–H and O–H groups in total. The van der Waals surface area contributed by atoms with Crippen molar-refractivity contribution in [2.45, 2.75) is 32.4 Å². The molecule has 2 unspecified atom stereocenters. The number of hydrogen-bond acceptors (Lipinski definition) is 2. The lowest BCUT2D eigenvalue weighted by atomic mass is 9.90. The summed E-state index contributed by atoms with van der Waals surface area (Å²) in [5.41, 5.74) is 3.96. The van der Waals surface area contributed by atoms with E-state index in [4.69, 9.17) is 4.42 Å². The van der Waals surface area contributed by atoms with Crippen LogP contribution in [-0.2, 0) is 6.42 Å². The van der Waals surface area contributed by atoms with E-state index in [0.29, 0.717) is 6.04 Å². The summed E-state index contributed by atoms with van der Waals surface area (Å²) >= 11 is 0. The Morgan fingerprint density at radius 3 is 2.82 bits per heavy atom. The van der Waals surface area contributed by atoms with Gasteiger partial charge in [-0.25, -0.2) is 0 Å². The molecule has 0 saturated carbocycles. The number of benzene rings is 1. The molecular formula is C15H17NO. The van der Waals surface area contributed by atoms with E-state index in [1.165, 1.54) is 16.7 Å². The quantitative estimate of drug-likeness (QED) is 0.809. The second kappa shape index (κ2) is 4.04. The van der Waals surface area contributed by atoms with Crippen molar-refractivity contribution < 1.29 is 4.42 Å². The normalized spacial score (nSPS) is 23.4. The van der Waals surface area contributed by atoms with Crippen LogP contribution in [0.2, 0.25) is 0 Å². The molecule has 2 atom stereocenters. The van der Waals surface area contributed by atoms with Gasteiger partial charge in [0.1, 0.15) is 5.76 Å². The molecule has 0 aliphatic carbocycles. The highest BCUT2D eigenvalue weighted by molar-refractivity contribution is 5.39. The van der Waals surface area contributed by atoms with Crippen molar-refractivity contribution in [2.24, 2.45) is 0 Å².